The van der Waals surface area contributed by atoms with Gasteiger partial charge in [0.25, 0.3) is 0 Å². The first kappa shape index (κ1) is 21.2. The standard InChI is InChI=1S/C27H30N2O2S/c1-16(32-21-9-7-6-8-20(21)28)18-14-17-15-19-23-22(24(17)31-25(18)30)27(4,5)11-13-29(23)12-10-26(19,2)3/h6-9,14-15H,1,10-13,28H2,2-5H3. The van der Waals surface area contributed by atoms with E-state index < -0.39 is 0 Å². The molecule has 0 amide bonds. The summed E-state index contributed by atoms with van der Waals surface area (Å²) in [5.41, 5.74) is 11.5. The fourth-order valence-electron chi connectivity index (χ4n) is 5.11. The number of anilines is 2. The molecule has 5 heteroatoms. The maximum Gasteiger partial charge on any atom is 0.344 e. The lowest BCUT2D eigenvalue weighted by Crippen LogP contribution is -2.44. The van der Waals surface area contributed by atoms with Gasteiger partial charge in [0.15, 0.2) is 0 Å². The van der Waals surface area contributed by atoms with Gasteiger partial charge in [-0.2, -0.15) is 0 Å². The molecular formula is C27H30N2O2S. The van der Waals surface area contributed by atoms with E-state index in [1.54, 1.807) is 0 Å². The molecule has 0 spiro atoms. The lowest BCUT2D eigenvalue weighted by Gasteiger charge is -2.48. The number of nitrogens with zero attached hydrogens (tertiary/aromatic N) is 1. The number of hydrogen-bond donors (Lipinski definition) is 1. The van der Waals surface area contributed by atoms with Gasteiger partial charge in [0.1, 0.15) is 5.58 Å². The first-order chi connectivity index (χ1) is 15.1. The molecule has 4 nitrogen and oxygen atoms in total. The first-order valence-electron chi connectivity index (χ1n) is 11.2. The van der Waals surface area contributed by atoms with Crippen LogP contribution in [0.5, 0.6) is 0 Å². The number of nitrogens with two attached hydrogens (primary N) is 1. The molecule has 166 valence electrons. The fourth-order valence-corrected chi connectivity index (χ4v) is 5.96. The van der Waals surface area contributed by atoms with Crippen molar-refractivity contribution in [2.24, 2.45) is 0 Å². The van der Waals surface area contributed by atoms with Gasteiger partial charge in [-0.05, 0) is 53.5 Å². The third-order valence-electron chi connectivity index (χ3n) is 7.18. The maximum atomic E-state index is 13.1. The highest BCUT2D eigenvalue weighted by molar-refractivity contribution is 8.08. The van der Waals surface area contributed by atoms with Gasteiger partial charge < -0.3 is 15.1 Å². The van der Waals surface area contributed by atoms with Crippen LogP contribution in [0, 0.1) is 0 Å². The zero-order valence-electron chi connectivity index (χ0n) is 19.2. The average molecular weight is 447 g/mol. The predicted molar refractivity (Wildman–Crippen MR) is 136 cm³/mol. The van der Waals surface area contributed by atoms with Gasteiger partial charge in [0.05, 0.1) is 5.56 Å². The molecule has 2 aliphatic heterocycles. The molecule has 0 radical (unpaired) electrons. The van der Waals surface area contributed by atoms with E-state index in [0.717, 1.165) is 41.8 Å². The van der Waals surface area contributed by atoms with Crippen LogP contribution >= 0.6 is 11.8 Å². The lowest BCUT2D eigenvalue weighted by molar-refractivity contribution is 0.398. The number of benzene rings is 2. The molecule has 1 aromatic heterocycles. The minimum absolute atomic E-state index is 0.0603. The molecule has 32 heavy (non-hydrogen) atoms. The topological polar surface area (TPSA) is 59.5 Å². The number of fused-ring (bicyclic) bond motifs is 2. The molecule has 0 saturated heterocycles. The molecule has 5 rings (SSSR count). The van der Waals surface area contributed by atoms with E-state index in [4.69, 9.17) is 10.2 Å². The van der Waals surface area contributed by atoms with Crippen LogP contribution in [0.2, 0.25) is 0 Å². The van der Waals surface area contributed by atoms with Crippen LogP contribution < -0.4 is 16.3 Å². The van der Waals surface area contributed by atoms with Crippen molar-refractivity contribution in [1.29, 1.82) is 0 Å². The summed E-state index contributed by atoms with van der Waals surface area (Å²) in [4.78, 5) is 17.2. The molecule has 3 aromatic rings. The molecule has 2 N–H and O–H groups in total. The molecule has 0 unspecified atom stereocenters. The minimum atomic E-state index is -0.344. The smallest absolute Gasteiger partial charge is 0.344 e. The van der Waals surface area contributed by atoms with Crippen molar-refractivity contribution in [3.8, 4) is 0 Å². The number of para-hydroxylation sites is 1. The van der Waals surface area contributed by atoms with E-state index in [1.807, 2.05) is 30.3 Å². The first-order valence-corrected chi connectivity index (χ1v) is 12.0. The summed E-state index contributed by atoms with van der Waals surface area (Å²) in [6.07, 6.45) is 2.16. The highest BCUT2D eigenvalue weighted by Gasteiger charge is 2.41. The fraction of sp³-hybridized carbons (Fsp3) is 0.370. The third kappa shape index (κ3) is 3.25. The molecular weight excluding hydrogens is 416 g/mol. The van der Waals surface area contributed by atoms with Crippen LogP contribution in [0.1, 0.15) is 57.2 Å². The van der Waals surface area contributed by atoms with E-state index >= 15 is 0 Å². The summed E-state index contributed by atoms with van der Waals surface area (Å²) in [5, 5.41) is 0.973. The van der Waals surface area contributed by atoms with Crippen molar-refractivity contribution in [1.82, 2.24) is 0 Å². The van der Waals surface area contributed by atoms with Crippen molar-refractivity contribution in [2.75, 3.05) is 23.7 Å². The normalized spacial score (nSPS) is 18.4. The Bertz CT molecular complexity index is 1320. The summed E-state index contributed by atoms with van der Waals surface area (Å²) in [5.74, 6) is 0. The molecule has 2 aromatic carbocycles. The largest absolute Gasteiger partial charge is 0.422 e. The predicted octanol–water partition coefficient (Wildman–Crippen LogP) is 6.31. The minimum Gasteiger partial charge on any atom is -0.422 e. The van der Waals surface area contributed by atoms with E-state index in [9.17, 15) is 4.79 Å². The second-order valence-corrected chi connectivity index (χ2v) is 11.5. The van der Waals surface area contributed by atoms with Gasteiger partial charge in [0, 0.05) is 45.2 Å². The Kier molecular flexibility index (Phi) is 4.75. The van der Waals surface area contributed by atoms with Gasteiger partial charge in [-0.1, -0.05) is 58.2 Å². The van der Waals surface area contributed by atoms with Gasteiger partial charge in [0.2, 0.25) is 0 Å². The summed E-state index contributed by atoms with van der Waals surface area (Å²) < 4.78 is 6.07. The SMILES string of the molecule is C=C(Sc1ccccc1N)c1cc2cc3c4c(c2oc1=O)C(C)(C)CCN4CCC3(C)C. The van der Waals surface area contributed by atoms with Crippen molar-refractivity contribution in [2.45, 2.75) is 56.3 Å². The number of nitrogen functional groups attached to an aromatic ring is 1. The van der Waals surface area contributed by atoms with Crippen molar-refractivity contribution in [3.63, 3.8) is 0 Å². The van der Waals surface area contributed by atoms with Crippen molar-refractivity contribution >= 4 is 39.0 Å². The molecule has 0 atom stereocenters. The van der Waals surface area contributed by atoms with Gasteiger partial charge >= 0.3 is 5.63 Å². The average Bonchev–Trinajstić information content (AvgIpc) is 2.72. The second-order valence-electron chi connectivity index (χ2n) is 10.3. The van der Waals surface area contributed by atoms with E-state index in [-0.39, 0.29) is 16.5 Å². The Morgan fingerprint density at radius 2 is 1.78 bits per heavy atom. The van der Waals surface area contributed by atoms with Crippen LogP contribution in [0.15, 0.2) is 57.1 Å². The van der Waals surface area contributed by atoms with Gasteiger partial charge in [-0.25, -0.2) is 4.79 Å². The van der Waals surface area contributed by atoms with Crippen molar-refractivity contribution in [3.05, 3.63) is 70.1 Å². The Hall–Kier alpha value is -2.66. The van der Waals surface area contributed by atoms with Crippen LogP contribution in [-0.2, 0) is 10.8 Å². The molecule has 2 aliphatic rings. The summed E-state index contributed by atoms with van der Waals surface area (Å²) >= 11 is 1.41. The van der Waals surface area contributed by atoms with E-state index in [2.05, 4.69) is 45.2 Å². The number of hydrogen-bond acceptors (Lipinski definition) is 5. The zero-order chi connectivity index (χ0) is 22.8. The molecule has 0 fully saturated rings. The van der Waals surface area contributed by atoms with Gasteiger partial charge in [-0.15, -0.1) is 0 Å². The van der Waals surface area contributed by atoms with Crippen LogP contribution in [0.3, 0.4) is 0 Å². The Morgan fingerprint density at radius 1 is 1.09 bits per heavy atom. The summed E-state index contributed by atoms with van der Waals surface area (Å²) in [6, 6.07) is 11.8. The highest BCUT2D eigenvalue weighted by Crippen LogP contribution is 2.51. The lowest BCUT2D eigenvalue weighted by atomic mass is 9.69. The van der Waals surface area contributed by atoms with Crippen LogP contribution in [0.4, 0.5) is 11.4 Å². The maximum absolute atomic E-state index is 13.1. The van der Waals surface area contributed by atoms with Crippen LogP contribution in [0.25, 0.3) is 15.9 Å². The molecule has 0 aliphatic carbocycles. The summed E-state index contributed by atoms with van der Waals surface area (Å²) in [7, 11) is 0. The Balaban J connectivity index is 1.71. The number of thioether (sulfide) groups is 1. The zero-order valence-corrected chi connectivity index (χ0v) is 20.1. The van der Waals surface area contributed by atoms with Crippen LogP contribution in [-0.4, -0.2) is 13.1 Å². The van der Waals surface area contributed by atoms with E-state index in [1.165, 1.54) is 28.6 Å². The van der Waals surface area contributed by atoms with Gasteiger partial charge in [-0.3, -0.25) is 0 Å². The Morgan fingerprint density at radius 3 is 2.50 bits per heavy atom. The molecule has 0 saturated carbocycles. The molecule has 0 bridgehead atoms. The highest BCUT2D eigenvalue weighted by atomic mass is 32.2. The number of rotatable bonds is 3. The quantitative estimate of drug-likeness (QED) is 0.290. The molecule has 3 heterocycles. The third-order valence-corrected chi connectivity index (χ3v) is 8.24. The monoisotopic (exact) mass is 446 g/mol. The van der Waals surface area contributed by atoms with E-state index in [0.29, 0.717) is 16.2 Å². The van der Waals surface area contributed by atoms with Crippen molar-refractivity contribution < 1.29 is 4.42 Å². The summed E-state index contributed by atoms with van der Waals surface area (Å²) in [6.45, 7) is 15.4. The second kappa shape index (κ2) is 7.17. The Labute approximate surface area is 193 Å².